The van der Waals surface area contributed by atoms with Crippen molar-refractivity contribution in [3.05, 3.63) is 23.8 Å². The summed E-state index contributed by atoms with van der Waals surface area (Å²) in [6.45, 7) is 6.02. The molecule has 1 aromatic heterocycles. The van der Waals surface area contributed by atoms with E-state index in [-0.39, 0.29) is 22.6 Å². The minimum Gasteiger partial charge on any atom is -0.462 e. The number of nitrogens with zero attached hydrogens (tertiary/aromatic N) is 1. The van der Waals surface area contributed by atoms with Gasteiger partial charge in [-0.05, 0) is 31.0 Å². The van der Waals surface area contributed by atoms with Gasteiger partial charge in [0.05, 0.1) is 27.2 Å². The van der Waals surface area contributed by atoms with Gasteiger partial charge >= 0.3 is 5.97 Å². The van der Waals surface area contributed by atoms with Crippen molar-refractivity contribution in [2.45, 2.75) is 25.6 Å². The molecular weight excluding hydrogens is 368 g/mol. The normalized spacial score (nSPS) is 12.4. The molecule has 2 rings (SSSR count). The number of carbonyl (C=O) groups excluding carboxylic acids is 2. The molecule has 0 saturated heterocycles. The van der Waals surface area contributed by atoms with E-state index >= 15 is 0 Å². The van der Waals surface area contributed by atoms with E-state index in [0.29, 0.717) is 17.3 Å². The van der Waals surface area contributed by atoms with Crippen molar-refractivity contribution in [2.24, 2.45) is 5.92 Å². The number of anilines is 1. The first-order valence-corrected chi connectivity index (χ1v) is 8.68. The Kier molecular flexibility index (Phi) is 5.52. The summed E-state index contributed by atoms with van der Waals surface area (Å²) in [4.78, 5) is 27.8. The van der Waals surface area contributed by atoms with Gasteiger partial charge in [-0.1, -0.05) is 41.1 Å². The Morgan fingerprint density at radius 3 is 2.77 bits per heavy atom. The third-order valence-electron chi connectivity index (χ3n) is 2.97. The maximum absolute atomic E-state index is 12.0. The van der Waals surface area contributed by atoms with Crippen molar-refractivity contribution in [1.82, 2.24) is 4.98 Å². The number of hydrogen-bond donors (Lipinski definition) is 1. The molecule has 0 bridgehead atoms. The molecule has 1 N–H and O–H groups in total. The zero-order valence-corrected chi connectivity index (χ0v) is 15.0. The lowest BCUT2D eigenvalue weighted by atomic mass is 10.1. The van der Waals surface area contributed by atoms with Crippen LogP contribution in [0.15, 0.2) is 18.2 Å². The van der Waals surface area contributed by atoms with Crippen LogP contribution in [0.5, 0.6) is 0 Å². The summed E-state index contributed by atoms with van der Waals surface area (Å²) in [5.41, 5.74) is 1.22. The predicted molar refractivity (Wildman–Crippen MR) is 91.8 cm³/mol. The molecule has 7 heteroatoms. The van der Waals surface area contributed by atoms with Gasteiger partial charge in [0.2, 0.25) is 5.91 Å². The maximum Gasteiger partial charge on any atom is 0.338 e. The van der Waals surface area contributed by atoms with E-state index in [1.165, 1.54) is 11.3 Å². The van der Waals surface area contributed by atoms with Gasteiger partial charge in [-0.25, -0.2) is 9.78 Å². The van der Waals surface area contributed by atoms with Crippen molar-refractivity contribution in [1.29, 1.82) is 0 Å². The topological polar surface area (TPSA) is 68.3 Å². The molecule has 22 heavy (non-hydrogen) atoms. The third-order valence-corrected chi connectivity index (χ3v) is 5.37. The standard InChI is InChI=1S/C15H17BrN2O3S/c1-4-21-14(20)9-5-6-10-11(7-9)22-15(17-10)18-13(19)12(16)8(2)3/h5-8,12H,4H2,1-3H3,(H,17,18,19)/t12-/m1/s1. The lowest BCUT2D eigenvalue weighted by molar-refractivity contribution is -0.116. The fraction of sp³-hybridized carbons (Fsp3) is 0.400. The van der Waals surface area contributed by atoms with E-state index in [9.17, 15) is 9.59 Å². The number of rotatable bonds is 5. The van der Waals surface area contributed by atoms with Crippen LogP contribution in [0, 0.1) is 5.92 Å². The quantitative estimate of drug-likeness (QED) is 0.628. The number of halogens is 1. The molecule has 0 spiro atoms. The molecule has 0 aliphatic rings. The van der Waals surface area contributed by atoms with Crippen LogP contribution in [0.3, 0.4) is 0 Å². The number of carbonyl (C=O) groups is 2. The molecule has 5 nitrogen and oxygen atoms in total. The van der Waals surface area contributed by atoms with Gasteiger partial charge in [0, 0.05) is 0 Å². The summed E-state index contributed by atoms with van der Waals surface area (Å²) in [5.74, 6) is -0.298. The predicted octanol–water partition coefficient (Wildman–Crippen LogP) is 3.83. The molecule has 0 unspecified atom stereocenters. The van der Waals surface area contributed by atoms with Crippen molar-refractivity contribution in [3.8, 4) is 0 Å². The second-order valence-corrected chi connectivity index (χ2v) is 7.07. The molecule has 1 aromatic carbocycles. The van der Waals surface area contributed by atoms with Gasteiger partial charge in [-0.2, -0.15) is 0 Å². The van der Waals surface area contributed by atoms with Crippen molar-refractivity contribution in [3.63, 3.8) is 0 Å². The lowest BCUT2D eigenvalue weighted by Gasteiger charge is -2.11. The highest BCUT2D eigenvalue weighted by Crippen LogP contribution is 2.28. The number of nitrogens with one attached hydrogen (secondary N) is 1. The summed E-state index contributed by atoms with van der Waals surface area (Å²) in [5, 5.41) is 3.31. The molecular formula is C15H17BrN2O3S. The van der Waals surface area contributed by atoms with Gasteiger partial charge in [-0.15, -0.1) is 0 Å². The zero-order valence-electron chi connectivity index (χ0n) is 12.6. The molecule has 0 aliphatic carbocycles. The van der Waals surface area contributed by atoms with Gasteiger partial charge in [0.15, 0.2) is 5.13 Å². The first kappa shape index (κ1) is 16.9. The van der Waals surface area contributed by atoms with Crippen LogP contribution < -0.4 is 5.32 Å². The smallest absolute Gasteiger partial charge is 0.338 e. The highest BCUT2D eigenvalue weighted by atomic mass is 79.9. The zero-order chi connectivity index (χ0) is 16.3. The van der Waals surface area contributed by atoms with Crippen LogP contribution in [-0.4, -0.2) is 28.3 Å². The second kappa shape index (κ2) is 7.19. The SMILES string of the molecule is CCOC(=O)c1ccc2nc(NC(=O)[C@H](Br)C(C)C)sc2c1. The van der Waals surface area contributed by atoms with Crippen LogP contribution in [0.2, 0.25) is 0 Å². The molecule has 0 fully saturated rings. The average molecular weight is 385 g/mol. The Morgan fingerprint density at radius 1 is 1.41 bits per heavy atom. The first-order valence-electron chi connectivity index (χ1n) is 6.95. The minimum atomic E-state index is -0.358. The minimum absolute atomic E-state index is 0.125. The number of hydrogen-bond acceptors (Lipinski definition) is 5. The highest BCUT2D eigenvalue weighted by molar-refractivity contribution is 9.10. The van der Waals surface area contributed by atoms with Crippen molar-refractivity contribution < 1.29 is 14.3 Å². The number of esters is 1. The van der Waals surface area contributed by atoms with Gasteiger partial charge < -0.3 is 10.1 Å². The van der Waals surface area contributed by atoms with Crippen LogP contribution in [0.4, 0.5) is 5.13 Å². The number of benzene rings is 1. The Balaban J connectivity index is 2.20. The molecule has 1 atom stereocenters. The monoisotopic (exact) mass is 384 g/mol. The molecule has 0 radical (unpaired) electrons. The molecule has 1 amide bonds. The van der Waals surface area contributed by atoms with Gasteiger partial charge in [0.1, 0.15) is 0 Å². The second-order valence-electron chi connectivity index (χ2n) is 5.06. The average Bonchev–Trinajstić information content (AvgIpc) is 2.87. The Bertz CT molecular complexity index is 699. The maximum atomic E-state index is 12.0. The molecule has 118 valence electrons. The molecule has 0 saturated carbocycles. The highest BCUT2D eigenvalue weighted by Gasteiger charge is 2.20. The summed E-state index contributed by atoms with van der Waals surface area (Å²) in [7, 11) is 0. The van der Waals surface area contributed by atoms with E-state index in [4.69, 9.17) is 4.74 Å². The van der Waals surface area contributed by atoms with E-state index in [0.717, 1.165) is 10.2 Å². The number of alkyl halides is 1. The largest absolute Gasteiger partial charge is 0.462 e. The summed E-state index contributed by atoms with van der Waals surface area (Å²) in [6.07, 6.45) is 0. The van der Waals surface area contributed by atoms with Crippen molar-refractivity contribution >= 4 is 54.5 Å². The number of amides is 1. The Labute approximate surface area is 141 Å². The number of aromatic nitrogens is 1. The lowest BCUT2D eigenvalue weighted by Crippen LogP contribution is -2.26. The van der Waals surface area contributed by atoms with E-state index in [1.54, 1.807) is 25.1 Å². The summed E-state index contributed by atoms with van der Waals surface area (Å²) in [6, 6.07) is 5.16. The van der Waals surface area contributed by atoms with Crippen LogP contribution in [0.25, 0.3) is 10.2 Å². The van der Waals surface area contributed by atoms with Gasteiger partial charge in [0.25, 0.3) is 0 Å². The van der Waals surface area contributed by atoms with E-state index in [1.807, 2.05) is 13.8 Å². The molecule has 1 heterocycles. The fourth-order valence-electron chi connectivity index (χ4n) is 1.80. The first-order chi connectivity index (χ1) is 10.4. The third kappa shape index (κ3) is 3.84. The van der Waals surface area contributed by atoms with E-state index in [2.05, 4.69) is 26.2 Å². The van der Waals surface area contributed by atoms with E-state index < -0.39 is 0 Å². The Morgan fingerprint density at radius 2 is 2.14 bits per heavy atom. The number of fused-ring (bicyclic) bond motifs is 1. The summed E-state index contributed by atoms with van der Waals surface area (Å²) < 4.78 is 5.81. The molecule has 0 aliphatic heterocycles. The molecule has 2 aromatic rings. The number of ether oxygens (including phenoxy) is 1. The fourth-order valence-corrected chi connectivity index (χ4v) is 2.82. The summed E-state index contributed by atoms with van der Waals surface area (Å²) >= 11 is 4.69. The Hall–Kier alpha value is -1.47. The number of thiazole rings is 1. The van der Waals surface area contributed by atoms with Crippen LogP contribution in [0.1, 0.15) is 31.1 Å². The van der Waals surface area contributed by atoms with Gasteiger partial charge in [-0.3, -0.25) is 4.79 Å². The van der Waals surface area contributed by atoms with Crippen molar-refractivity contribution in [2.75, 3.05) is 11.9 Å². The van der Waals surface area contributed by atoms with Crippen LogP contribution >= 0.6 is 27.3 Å². The van der Waals surface area contributed by atoms with Crippen LogP contribution in [-0.2, 0) is 9.53 Å².